The van der Waals surface area contributed by atoms with Gasteiger partial charge in [0.05, 0.1) is 0 Å². The van der Waals surface area contributed by atoms with Crippen LogP contribution < -0.4 is 5.73 Å². The first kappa shape index (κ1) is 12.7. The molecule has 0 aliphatic rings. The minimum Gasteiger partial charge on any atom is -0.388 e. The van der Waals surface area contributed by atoms with Gasteiger partial charge in [-0.15, -0.1) is 5.10 Å². The Morgan fingerprint density at radius 1 is 1.60 bits per heavy atom. The molecule has 15 heavy (non-hydrogen) atoms. The standard InChI is InChI=1S/C9H18N4S2/c1-4-7(6-14-3)13(2)5-8-9(10)15-12-11-8/h7H,4-6,10H2,1-3H3. The lowest BCUT2D eigenvalue weighted by Crippen LogP contribution is -2.33. The monoisotopic (exact) mass is 246 g/mol. The van der Waals surface area contributed by atoms with E-state index in [1.165, 1.54) is 11.5 Å². The van der Waals surface area contributed by atoms with Gasteiger partial charge in [0.2, 0.25) is 0 Å². The van der Waals surface area contributed by atoms with Gasteiger partial charge in [-0.1, -0.05) is 11.4 Å². The Labute approximate surface area is 99.4 Å². The maximum Gasteiger partial charge on any atom is 0.132 e. The first-order chi connectivity index (χ1) is 7.19. The summed E-state index contributed by atoms with van der Waals surface area (Å²) in [6.07, 6.45) is 3.28. The molecule has 1 rings (SSSR count). The van der Waals surface area contributed by atoms with E-state index in [-0.39, 0.29) is 0 Å². The molecule has 0 bridgehead atoms. The van der Waals surface area contributed by atoms with Crippen molar-refractivity contribution in [2.75, 3.05) is 24.8 Å². The van der Waals surface area contributed by atoms with Gasteiger partial charge in [0, 0.05) is 29.9 Å². The largest absolute Gasteiger partial charge is 0.388 e. The van der Waals surface area contributed by atoms with Crippen molar-refractivity contribution >= 4 is 28.3 Å². The van der Waals surface area contributed by atoms with Gasteiger partial charge in [-0.3, -0.25) is 4.90 Å². The molecule has 0 spiro atoms. The lowest BCUT2D eigenvalue weighted by molar-refractivity contribution is 0.245. The first-order valence-electron chi connectivity index (χ1n) is 4.94. The van der Waals surface area contributed by atoms with Gasteiger partial charge in [-0.2, -0.15) is 11.8 Å². The zero-order valence-corrected chi connectivity index (χ0v) is 11.1. The highest BCUT2D eigenvalue weighted by Crippen LogP contribution is 2.17. The molecule has 1 aromatic rings. The molecule has 1 heterocycles. The topological polar surface area (TPSA) is 55.0 Å². The van der Waals surface area contributed by atoms with E-state index in [2.05, 4.69) is 34.7 Å². The van der Waals surface area contributed by atoms with Gasteiger partial charge in [0.15, 0.2) is 0 Å². The van der Waals surface area contributed by atoms with Crippen LogP contribution in [-0.2, 0) is 6.54 Å². The smallest absolute Gasteiger partial charge is 0.132 e. The van der Waals surface area contributed by atoms with Crippen molar-refractivity contribution in [2.45, 2.75) is 25.9 Å². The van der Waals surface area contributed by atoms with Crippen LogP contribution in [0.25, 0.3) is 0 Å². The summed E-state index contributed by atoms with van der Waals surface area (Å²) in [5.74, 6) is 1.14. The summed E-state index contributed by atoms with van der Waals surface area (Å²) in [4.78, 5) is 2.30. The second-order valence-electron chi connectivity index (χ2n) is 3.52. The van der Waals surface area contributed by atoms with E-state index in [9.17, 15) is 0 Å². The highest BCUT2D eigenvalue weighted by Gasteiger charge is 2.15. The van der Waals surface area contributed by atoms with Crippen LogP contribution in [-0.4, -0.2) is 39.6 Å². The van der Waals surface area contributed by atoms with E-state index in [0.29, 0.717) is 6.04 Å². The zero-order valence-electron chi connectivity index (χ0n) is 9.43. The highest BCUT2D eigenvalue weighted by molar-refractivity contribution is 7.98. The lowest BCUT2D eigenvalue weighted by Gasteiger charge is -2.25. The van der Waals surface area contributed by atoms with E-state index >= 15 is 0 Å². The maximum atomic E-state index is 5.77. The molecule has 0 aromatic carbocycles. The number of nitrogens with two attached hydrogens (primary N) is 1. The number of aromatic nitrogens is 2. The Morgan fingerprint density at radius 3 is 2.80 bits per heavy atom. The average molecular weight is 246 g/mol. The first-order valence-corrected chi connectivity index (χ1v) is 7.11. The fraction of sp³-hybridized carbons (Fsp3) is 0.778. The molecule has 86 valence electrons. The molecule has 0 aliphatic heterocycles. The van der Waals surface area contributed by atoms with Gasteiger partial charge >= 0.3 is 0 Å². The van der Waals surface area contributed by atoms with Crippen molar-refractivity contribution in [3.8, 4) is 0 Å². The predicted molar refractivity (Wildman–Crippen MR) is 68.2 cm³/mol. The van der Waals surface area contributed by atoms with Crippen molar-refractivity contribution in [3.63, 3.8) is 0 Å². The van der Waals surface area contributed by atoms with Crippen molar-refractivity contribution in [1.82, 2.24) is 14.5 Å². The van der Waals surface area contributed by atoms with Crippen molar-refractivity contribution < 1.29 is 0 Å². The number of nitrogen functional groups attached to an aromatic ring is 1. The second kappa shape index (κ2) is 6.30. The maximum absolute atomic E-state index is 5.77. The van der Waals surface area contributed by atoms with Gasteiger partial charge in [-0.25, -0.2) is 0 Å². The van der Waals surface area contributed by atoms with Crippen molar-refractivity contribution in [1.29, 1.82) is 0 Å². The lowest BCUT2D eigenvalue weighted by atomic mass is 10.2. The van der Waals surface area contributed by atoms with Gasteiger partial charge < -0.3 is 5.73 Å². The van der Waals surface area contributed by atoms with E-state index in [4.69, 9.17) is 5.73 Å². The molecule has 0 saturated carbocycles. The molecule has 2 N–H and O–H groups in total. The molecule has 0 radical (unpaired) electrons. The second-order valence-corrected chi connectivity index (χ2v) is 5.21. The molecule has 0 amide bonds. The van der Waals surface area contributed by atoms with Crippen LogP contribution in [0.15, 0.2) is 0 Å². The van der Waals surface area contributed by atoms with Crippen molar-refractivity contribution in [3.05, 3.63) is 5.69 Å². The summed E-state index contributed by atoms with van der Waals surface area (Å²) in [5, 5.41) is 4.76. The quantitative estimate of drug-likeness (QED) is 0.828. The molecule has 1 unspecified atom stereocenters. The Kier molecular flexibility index (Phi) is 5.35. The SMILES string of the molecule is CCC(CSC)N(C)Cc1nnsc1N. The number of rotatable bonds is 6. The number of nitrogens with zero attached hydrogens (tertiary/aromatic N) is 3. The molecule has 6 heteroatoms. The van der Waals surface area contributed by atoms with Crippen LogP contribution in [0.5, 0.6) is 0 Å². The predicted octanol–water partition coefficient (Wildman–Crippen LogP) is 1.69. The summed E-state index contributed by atoms with van der Waals surface area (Å²) in [7, 11) is 2.11. The fourth-order valence-corrected chi connectivity index (χ4v) is 2.75. The average Bonchev–Trinajstić information content (AvgIpc) is 2.60. The molecule has 0 saturated heterocycles. The Balaban J connectivity index is 2.53. The Bertz CT molecular complexity index is 289. The van der Waals surface area contributed by atoms with E-state index in [1.807, 2.05) is 11.8 Å². The van der Waals surface area contributed by atoms with E-state index in [0.717, 1.165) is 29.4 Å². The van der Waals surface area contributed by atoms with Crippen LogP contribution in [0, 0.1) is 0 Å². The van der Waals surface area contributed by atoms with Crippen LogP contribution >= 0.6 is 23.3 Å². The summed E-state index contributed by atoms with van der Waals surface area (Å²) in [5.41, 5.74) is 6.67. The third-order valence-electron chi connectivity index (χ3n) is 2.44. The molecular weight excluding hydrogens is 228 g/mol. The third-order valence-corrected chi connectivity index (χ3v) is 3.75. The number of hydrogen-bond donors (Lipinski definition) is 1. The Morgan fingerprint density at radius 2 is 2.33 bits per heavy atom. The van der Waals surface area contributed by atoms with Crippen LogP contribution in [0.3, 0.4) is 0 Å². The van der Waals surface area contributed by atoms with Crippen LogP contribution in [0.2, 0.25) is 0 Å². The number of anilines is 1. The minimum absolute atomic E-state index is 0.584. The molecular formula is C9H18N4S2. The van der Waals surface area contributed by atoms with Crippen LogP contribution in [0.4, 0.5) is 5.00 Å². The van der Waals surface area contributed by atoms with Gasteiger partial charge in [0.25, 0.3) is 0 Å². The third kappa shape index (κ3) is 3.62. The Hall–Kier alpha value is -0.330. The zero-order chi connectivity index (χ0) is 11.3. The van der Waals surface area contributed by atoms with Gasteiger partial charge in [0.1, 0.15) is 10.7 Å². The summed E-state index contributed by atoms with van der Waals surface area (Å²) >= 11 is 3.14. The molecule has 0 aliphatic carbocycles. The summed E-state index contributed by atoms with van der Waals surface area (Å²) < 4.78 is 3.84. The molecule has 1 aromatic heterocycles. The summed E-state index contributed by atoms with van der Waals surface area (Å²) in [6, 6.07) is 0.584. The van der Waals surface area contributed by atoms with Crippen LogP contribution in [0.1, 0.15) is 19.0 Å². The fourth-order valence-electron chi connectivity index (χ4n) is 1.44. The van der Waals surface area contributed by atoms with Crippen molar-refractivity contribution in [2.24, 2.45) is 0 Å². The number of thioether (sulfide) groups is 1. The normalized spacial score (nSPS) is 13.3. The molecule has 0 fully saturated rings. The van der Waals surface area contributed by atoms with E-state index in [1.54, 1.807) is 0 Å². The number of hydrogen-bond acceptors (Lipinski definition) is 6. The summed E-state index contributed by atoms with van der Waals surface area (Å²) in [6.45, 7) is 3.00. The molecule has 4 nitrogen and oxygen atoms in total. The minimum atomic E-state index is 0.584. The highest BCUT2D eigenvalue weighted by atomic mass is 32.2. The van der Waals surface area contributed by atoms with Gasteiger partial charge in [-0.05, 0) is 19.7 Å². The molecule has 1 atom stereocenters. The van der Waals surface area contributed by atoms with E-state index < -0.39 is 0 Å².